The van der Waals surface area contributed by atoms with Crippen LogP contribution in [-0.4, -0.2) is 11.6 Å². The summed E-state index contributed by atoms with van der Waals surface area (Å²) in [6, 6.07) is 7.54. The van der Waals surface area contributed by atoms with Crippen molar-refractivity contribution in [2.24, 2.45) is 0 Å². The first-order valence-corrected chi connectivity index (χ1v) is 5.13. The summed E-state index contributed by atoms with van der Waals surface area (Å²) in [6.07, 6.45) is 1.74. The van der Waals surface area contributed by atoms with E-state index in [-0.39, 0.29) is 5.43 Å². The van der Waals surface area contributed by atoms with Gasteiger partial charge in [0.2, 0.25) is 0 Å². The molecule has 3 rings (SSSR count). The van der Waals surface area contributed by atoms with Crippen LogP contribution in [0.25, 0.3) is 10.9 Å². The van der Waals surface area contributed by atoms with Crippen LogP contribution in [0.1, 0.15) is 12.0 Å². The maximum atomic E-state index is 12.1. The summed E-state index contributed by atoms with van der Waals surface area (Å²) in [4.78, 5) is 15.2. The first-order chi connectivity index (χ1) is 7.36. The van der Waals surface area contributed by atoms with Crippen LogP contribution in [0.15, 0.2) is 29.1 Å². The van der Waals surface area contributed by atoms with Crippen LogP contribution in [-0.2, 0) is 6.42 Å². The first-order valence-electron chi connectivity index (χ1n) is 5.13. The maximum absolute atomic E-state index is 12.1. The van der Waals surface area contributed by atoms with Crippen molar-refractivity contribution in [3.8, 4) is 5.88 Å². The van der Waals surface area contributed by atoms with Gasteiger partial charge in [-0.05, 0) is 25.0 Å². The Morgan fingerprint density at radius 1 is 1.27 bits per heavy atom. The molecule has 2 aromatic rings. The predicted molar refractivity (Wildman–Crippen MR) is 58.4 cm³/mol. The van der Waals surface area contributed by atoms with Crippen LogP contribution in [0.4, 0.5) is 0 Å². The molecule has 0 unspecified atom stereocenters. The lowest BCUT2D eigenvalue weighted by atomic mass is 10.1. The van der Waals surface area contributed by atoms with E-state index in [4.69, 9.17) is 4.74 Å². The van der Waals surface area contributed by atoms with Crippen LogP contribution in [0.2, 0.25) is 0 Å². The summed E-state index contributed by atoms with van der Waals surface area (Å²) in [5, 5.41) is 0.752. The van der Waals surface area contributed by atoms with E-state index < -0.39 is 0 Å². The Hall–Kier alpha value is -1.77. The molecular formula is C12H11NO2. The number of para-hydroxylation sites is 1. The molecule has 0 atom stereocenters. The summed E-state index contributed by atoms with van der Waals surface area (Å²) in [6.45, 7) is 0.696. The number of nitrogens with one attached hydrogen (secondary N) is 1. The molecule has 0 fully saturated rings. The molecule has 1 aliphatic heterocycles. The Morgan fingerprint density at radius 3 is 3.07 bits per heavy atom. The Morgan fingerprint density at radius 2 is 2.13 bits per heavy atom. The molecule has 3 nitrogen and oxygen atoms in total. The van der Waals surface area contributed by atoms with Gasteiger partial charge in [0, 0.05) is 5.39 Å². The Balaban J connectivity index is 2.41. The van der Waals surface area contributed by atoms with Crippen molar-refractivity contribution in [3.63, 3.8) is 0 Å². The normalized spacial score (nSPS) is 14.7. The van der Waals surface area contributed by atoms with E-state index in [0.717, 1.165) is 29.3 Å². The average molecular weight is 201 g/mol. The summed E-state index contributed by atoms with van der Waals surface area (Å²) < 4.78 is 5.46. The Kier molecular flexibility index (Phi) is 1.78. The fraction of sp³-hybridized carbons (Fsp3) is 0.250. The minimum Gasteiger partial charge on any atom is -0.479 e. The number of aromatic amines is 1. The lowest BCUT2D eigenvalue weighted by Crippen LogP contribution is -2.19. The fourth-order valence-corrected chi connectivity index (χ4v) is 2.03. The van der Waals surface area contributed by atoms with Crippen LogP contribution in [0, 0.1) is 0 Å². The van der Waals surface area contributed by atoms with Crippen molar-refractivity contribution < 1.29 is 4.74 Å². The van der Waals surface area contributed by atoms with Gasteiger partial charge in [0.05, 0.1) is 17.7 Å². The van der Waals surface area contributed by atoms with Crippen molar-refractivity contribution in [2.75, 3.05) is 6.61 Å². The average Bonchev–Trinajstić information content (AvgIpc) is 2.30. The Bertz CT molecular complexity index is 571. The van der Waals surface area contributed by atoms with Gasteiger partial charge in [0.15, 0.2) is 11.3 Å². The van der Waals surface area contributed by atoms with Gasteiger partial charge in [-0.2, -0.15) is 0 Å². The van der Waals surface area contributed by atoms with Gasteiger partial charge in [-0.3, -0.25) is 4.79 Å². The van der Waals surface area contributed by atoms with Crippen LogP contribution in [0.3, 0.4) is 0 Å². The SMILES string of the molecule is O=c1c2c([nH]c3ccccc13)OCCC2. The highest BCUT2D eigenvalue weighted by molar-refractivity contribution is 5.79. The molecule has 2 heterocycles. The molecule has 15 heavy (non-hydrogen) atoms. The number of H-pyrrole nitrogens is 1. The number of aromatic nitrogens is 1. The molecule has 0 radical (unpaired) electrons. The van der Waals surface area contributed by atoms with E-state index in [1.54, 1.807) is 0 Å². The number of benzene rings is 1. The number of rotatable bonds is 0. The minimum atomic E-state index is 0.110. The van der Waals surface area contributed by atoms with Gasteiger partial charge in [0.1, 0.15) is 0 Å². The zero-order valence-electron chi connectivity index (χ0n) is 8.25. The molecule has 1 N–H and O–H groups in total. The lowest BCUT2D eigenvalue weighted by molar-refractivity contribution is 0.277. The van der Waals surface area contributed by atoms with Crippen molar-refractivity contribution in [3.05, 3.63) is 40.1 Å². The topological polar surface area (TPSA) is 42.1 Å². The monoisotopic (exact) mass is 201 g/mol. The third-order valence-corrected chi connectivity index (χ3v) is 2.79. The van der Waals surface area contributed by atoms with Gasteiger partial charge in [-0.15, -0.1) is 0 Å². The third-order valence-electron chi connectivity index (χ3n) is 2.79. The van der Waals surface area contributed by atoms with Gasteiger partial charge in [-0.25, -0.2) is 0 Å². The first kappa shape index (κ1) is 8.53. The standard InChI is InChI=1S/C12H11NO2/c14-11-8-4-1-2-6-10(8)13-12-9(11)5-3-7-15-12/h1-2,4,6H,3,5,7H2,(H,13,14). The summed E-state index contributed by atoms with van der Waals surface area (Å²) in [5.41, 5.74) is 1.75. The summed E-state index contributed by atoms with van der Waals surface area (Å²) >= 11 is 0. The molecule has 0 saturated carbocycles. The highest BCUT2D eigenvalue weighted by atomic mass is 16.5. The third kappa shape index (κ3) is 1.23. The number of hydrogen-bond acceptors (Lipinski definition) is 2. The Labute approximate surface area is 86.7 Å². The van der Waals surface area contributed by atoms with E-state index in [2.05, 4.69) is 4.98 Å². The van der Waals surface area contributed by atoms with Gasteiger partial charge < -0.3 is 9.72 Å². The van der Waals surface area contributed by atoms with Crippen molar-refractivity contribution in [1.82, 2.24) is 4.98 Å². The van der Waals surface area contributed by atoms with Gasteiger partial charge >= 0.3 is 0 Å². The highest BCUT2D eigenvalue weighted by Gasteiger charge is 2.16. The number of hydrogen-bond donors (Lipinski definition) is 1. The quantitative estimate of drug-likeness (QED) is 0.706. The predicted octanol–water partition coefficient (Wildman–Crippen LogP) is 1.85. The lowest BCUT2D eigenvalue weighted by Gasteiger charge is -2.16. The van der Waals surface area contributed by atoms with Gasteiger partial charge in [-0.1, -0.05) is 12.1 Å². The molecule has 3 heteroatoms. The number of pyridine rings is 1. The molecule has 0 saturated heterocycles. The highest BCUT2D eigenvalue weighted by Crippen LogP contribution is 2.21. The molecule has 1 aromatic heterocycles. The van der Waals surface area contributed by atoms with Crippen molar-refractivity contribution in [2.45, 2.75) is 12.8 Å². The smallest absolute Gasteiger partial charge is 0.198 e. The molecule has 1 aliphatic rings. The zero-order valence-corrected chi connectivity index (χ0v) is 8.25. The summed E-state index contributed by atoms with van der Waals surface area (Å²) in [7, 11) is 0. The molecule has 0 spiro atoms. The molecule has 0 bridgehead atoms. The van der Waals surface area contributed by atoms with E-state index in [9.17, 15) is 4.79 Å². The van der Waals surface area contributed by atoms with Crippen LogP contribution < -0.4 is 10.2 Å². The molecule has 76 valence electrons. The molecular weight excluding hydrogens is 190 g/mol. The van der Waals surface area contributed by atoms with Crippen LogP contribution in [0.5, 0.6) is 5.88 Å². The maximum Gasteiger partial charge on any atom is 0.198 e. The largest absolute Gasteiger partial charge is 0.479 e. The fourth-order valence-electron chi connectivity index (χ4n) is 2.03. The second kappa shape index (κ2) is 3.12. The molecule has 1 aromatic carbocycles. The number of ether oxygens (including phenoxy) is 1. The van der Waals surface area contributed by atoms with E-state index >= 15 is 0 Å². The van der Waals surface area contributed by atoms with Crippen molar-refractivity contribution >= 4 is 10.9 Å². The molecule has 0 amide bonds. The second-order valence-electron chi connectivity index (χ2n) is 3.76. The van der Waals surface area contributed by atoms with Crippen LogP contribution >= 0.6 is 0 Å². The number of fused-ring (bicyclic) bond motifs is 2. The van der Waals surface area contributed by atoms with Crippen molar-refractivity contribution in [1.29, 1.82) is 0 Å². The van der Waals surface area contributed by atoms with E-state index in [1.165, 1.54) is 0 Å². The van der Waals surface area contributed by atoms with E-state index in [1.807, 2.05) is 24.3 Å². The second-order valence-corrected chi connectivity index (χ2v) is 3.76. The minimum absolute atomic E-state index is 0.110. The summed E-state index contributed by atoms with van der Waals surface area (Å²) in [5.74, 6) is 0.657. The van der Waals surface area contributed by atoms with Gasteiger partial charge in [0.25, 0.3) is 0 Å². The zero-order chi connectivity index (χ0) is 10.3. The van der Waals surface area contributed by atoms with E-state index in [0.29, 0.717) is 12.5 Å². The molecule has 0 aliphatic carbocycles.